The van der Waals surface area contributed by atoms with Crippen LogP contribution >= 0.6 is 0 Å². The Kier molecular flexibility index (Phi) is 1.94. The van der Waals surface area contributed by atoms with Crippen molar-refractivity contribution in [1.82, 2.24) is 9.97 Å². The molecule has 4 N–H and O–H groups in total. The van der Waals surface area contributed by atoms with Crippen molar-refractivity contribution >= 4 is 16.9 Å². The molecule has 5 nitrogen and oxygen atoms in total. The van der Waals surface area contributed by atoms with E-state index in [-0.39, 0.29) is 18.3 Å². The lowest BCUT2D eigenvalue weighted by Crippen LogP contribution is -1.95. The molecule has 0 amide bonds. The van der Waals surface area contributed by atoms with Gasteiger partial charge in [-0.15, -0.1) is 0 Å². The number of aliphatic hydroxyl groups is 1. The number of benzene rings is 1. The molecule has 1 aromatic carbocycles. The molecular weight excluding hydrogens is 182 g/mol. The lowest BCUT2D eigenvalue weighted by atomic mass is 10.1. The highest BCUT2D eigenvalue weighted by Crippen LogP contribution is 2.24. The van der Waals surface area contributed by atoms with Gasteiger partial charge in [-0.1, -0.05) is 0 Å². The molecule has 0 bridgehead atoms. The normalized spacial score (nSPS) is 10.6. The fourth-order valence-electron chi connectivity index (χ4n) is 1.29. The van der Waals surface area contributed by atoms with Crippen LogP contribution in [0, 0.1) is 0 Å². The van der Waals surface area contributed by atoms with Crippen molar-refractivity contribution in [3.63, 3.8) is 0 Å². The van der Waals surface area contributed by atoms with Crippen LogP contribution in [0.15, 0.2) is 18.3 Å². The maximum absolute atomic E-state index is 9.55. The van der Waals surface area contributed by atoms with Gasteiger partial charge >= 0.3 is 0 Å². The minimum absolute atomic E-state index is 0.000602. The third-order valence-corrected chi connectivity index (χ3v) is 1.92. The summed E-state index contributed by atoms with van der Waals surface area (Å²) in [5.74, 6) is 0.116. The molecule has 72 valence electrons. The topological polar surface area (TPSA) is 92.3 Å². The number of nitrogen functional groups attached to an aromatic ring is 1. The van der Waals surface area contributed by atoms with Crippen molar-refractivity contribution in [3.8, 4) is 5.75 Å². The Morgan fingerprint density at radius 2 is 2.14 bits per heavy atom. The van der Waals surface area contributed by atoms with E-state index >= 15 is 0 Å². The third-order valence-electron chi connectivity index (χ3n) is 1.92. The van der Waals surface area contributed by atoms with Gasteiger partial charge in [0, 0.05) is 11.6 Å². The maximum atomic E-state index is 9.55. The summed E-state index contributed by atoms with van der Waals surface area (Å²) >= 11 is 0. The Bertz CT molecular complexity index is 485. The van der Waals surface area contributed by atoms with E-state index in [4.69, 9.17) is 10.8 Å². The summed E-state index contributed by atoms with van der Waals surface area (Å²) < 4.78 is 0. The van der Waals surface area contributed by atoms with Gasteiger partial charge < -0.3 is 15.9 Å². The Hall–Kier alpha value is -1.88. The number of rotatable bonds is 1. The molecule has 0 radical (unpaired) electrons. The summed E-state index contributed by atoms with van der Waals surface area (Å²) in [6.45, 7) is -0.131. The number of anilines is 1. The van der Waals surface area contributed by atoms with Crippen LogP contribution in [0.2, 0.25) is 0 Å². The number of hydrogen-bond donors (Lipinski definition) is 3. The molecule has 0 unspecified atom stereocenters. The molecule has 0 saturated heterocycles. The van der Waals surface area contributed by atoms with Crippen LogP contribution in [0.4, 0.5) is 5.95 Å². The van der Waals surface area contributed by atoms with E-state index in [1.807, 2.05) is 0 Å². The lowest BCUT2D eigenvalue weighted by Gasteiger charge is -2.03. The fraction of sp³-hybridized carbons (Fsp3) is 0.111. The van der Waals surface area contributed by atoms with Crippen molar-refractivity contribution in [1.29, 1.82) is 0 Å². The van der Waals surface area contributed by atoms with Gasteiger partial charge in [-0.3, -0.25) is 0 Å². The number of hydrogen-bond acceptors (Lipinski definition) is 5. The highest BCUT2D eigenvalue weighted by atomic mass is 16.3. The molecule has 0 aliphatic rings. The first-order valence-electron chi connectivity index (χ1n) is 4.05. The van der Waals surface area contributed by atoms with Gasteiger partial charge in [0.1, 0.15) is 11.3 Å². The summed E-state index contributed by atoms with van der Waals surface area (Å²) in [7, 11) is 0. The second-order valence-corrected chi connectivity index (χ2v) is 2.94. The highest BCUT2D eigenvalue weighted by Gasteiger charge is 2.04. The Balaban J connectivity index is 2.76. The lowest BCUT2D eigenvalue weighted by molar-refractivity contribution is 0.281. The minimum atomic E-state index is -0.131. The van der Waals surface area contributed by atoms with Crippen molar-refractivity contribution in [2.45, 2.75) is 6.61 Å². The number of nitrogens with two attached hydrogens (primary N) is 1. The first-order chi connectivity index (χ1) is 6.70. The van der Waals surface area contributed by atoms with Crippen LogP contribution in [0.3, 0.4) is 0 Å². The van der Waals surface area contributed by atoms with Gasteiger partial charge in [-0.2, -0.15) is 0 Å². The van der Waals surface area contributed by atoms with Gasteiger partial charge in [0.15, 0.2) is 0 Å². The van der Waals surface area contributed by atoms with Crippen molar-refractivity contribution < 1.29 is 10.2 Å². The summed E-state index contributed by atoms with van der Waals surface area (Å²) in [4.78, 5) is 7.68. The predicted octanol–water partition coefficient (Wildman–Crippen LogP) is 0.410. The van der Waals surface area contributed by atoms with Gasteiger partial charge in [0.2, 0.25) is 5.95 Å². The zero-order valence-electron chi connectivity index (χ0n) is 7.31. The molecule has 0 aliphatic carbocycles. The maximum Gasteiger partial charge on any atom is 0.220 e. The third kappa shape index (κ3) is 1.33. The summed E-state index contributed by atoms with van der Waals surface area (Å²) in [6, 6.07) is 3.16. The number of aromatic nitrogens is 2. The number of aliphatic hydroxyl groups excluding tert-OH is 1. The van der Waals surface area contributed by atoms with Crippen LogP contribution in [-0.2, 0) is 6.61 Å². The van der Waals surface area contributed by atoms with Gasteiger partial charge in [-0.05, 0) is 17.7 Å². The van der Waals surface area contributed by atoms with E-state index < -0.39 is 0 Å². The second kappa shape index (κ2) is 3.12. The fourth-order valence-corrected chi connectivity index (χ4v) is 1.29. The molecule has 0 aliphatic heterocycles. The molecule has 0 atom stereocenters. The van der Waals surface area contributed by atoms with E-state index in [0.29, 0.717) is 16.5 Å². The molecular formula is C9H9N3O2. The Morgan fingerprint density at radius 1 is 1.36 bits per heavy atom. The average molecular weight is 191 g/mol. The van der Waals surface area contributed by atoms with E-state index in [9.17, 15) is 5.11 Å². The predicted molar refractivity (Wildman–Crippen MR) is 51.5 cm³/mol. The Morgan fingerprint density at radius 3 is 2.86 bits per heavy atom. The van der Waals surface area contributed by atoms with Crippen molar-refractivity contribution in [2.24, 2.45) is 0 Å². The molecule has 2 rings (SSSR count). The van der Waals surface area contributed by atoms with Crippen molar-refractivity contribution in [2.75, 3.05) is 5.73 Å². The van der Waals surface area contributed by atoms with Gasteiger partial charge in [0.05, 0.1) is 6.61 Å². The van der Waals surface area contributed by atoms with E-state index in [2.05, 4.69) is 9.97 Å². The summed E-state index contributed by atoms with van der Waals surface area (Å²) in [5, 5.41) is 19.1. The summed E-state index contributed by atoms with van der Waals surface area (Å²) in [5.41, 5.74) is 6.39. The zero-order chi connectivity index (χ0) is 10.1. The number of phenolic OH excluding ortho intramolecular Hbond substituents is 1. The first-order valence-corrected chi connectivity index (χ1v) is 4.05. The molecule has 5 heteroatoms. The van der Waals surface area contributed by atoms with Crippen molar-refractivity contribution in [3.05, 3.63) is 23.9 Å². The monoisotopic (exact) mass is 191 g/mol. The van der Waals surface area contributed by atoms with E-state index in [1.165, 1.54) is 12.3 Å². The number of aromatic hydroxyl groups is 1. The largest absolute Gasteiger partial charge is 0.506 e. The molecule has 0 fully saturated rings. The molecule has 1 aromatic heterocycles. The van der Waals surface area contributed by atoms with Crippen LogP contribution < -0.4 is 5.73 Å². The summed E-state index contributed by atoms with van der Waals surface area (Å²) in [6.07, 6.45) is 1.51. The SMILES string of the molecule is Nc1ncc2cc(CO)cc(O)c2n1. The number of nitrogens with zero attached hydrogens (tertiary/aromatic N) is 2. The quantitative estimate of drug-likeness (QED) is 0.607. The zero-order valence-corrected chi connectivity index (χ0v) is 7.31. The molecule has 0 saturated carbocycles. The first kappa shape index (κ1) is 8.71. The molecule has 2 aromatic rings. The molecule has 0 spiro atoms. The number of fused-ring (bicyclic) bond motifs is 1. The molecule has 14 heavy (non-hydrogen) atoms. The smallest absolute Gasteiger partial charge is 0.220 e. The molecule has 1 heterocycles. The minimum Gasteiger partial charge on any atom is -0.506 e. The van der Waals surface area contributed by atoms with Crippen LogP contribution in [0.5, 0.6) is 5.75 Å². The van der Waals surface area contributed by atoms with Gasteiger partial charge in [-0.25, -0.2) is 9.97 Å². The standard InChI is InChI=1S/C9H9N3O2/c10-9-11-3-6-1-5(4-13)2-7(14)8(6)12-9/h1-3,13-14H,4H2,(H2,10,11,12). The van der Waals surface area contributed by atoms with Crippen LogP contribution in [0.25, 0.3) is 10.9 Å². The van der Waals surface area contributed by atoms with E-state index in [1.54, 1.807) is 6.07 Å². The second-order valence-electron chi connectivity index (χ2n) is 2.94. The van der Waals surface area contributed by atoms with E-state index in [0.717, 1.165) is 0 Å². The van der Waals surface area contributed by atoms with Crippen LogP contribution in [0.1, 0.15) is 5.56 Å². The van der Waals surface area contributed by atoms with Crippen LogP contribution in [-0.4, -0.2) is 20.2 Å². The van der Waals surface area contributed by atoms with Gasteiger partial charge in [0.25, 0.3) is 0 Å². The number of phenols is 1. The Labute approximate surface area is 79.8 Å². The average Bonchev–Trinajstić information content (AvgIpc) is 2.19. The highest BCUT2D eigenvalue weighted by molar-refractivity contribution is 5.85.